The van der Waals surface area contributed by atoms with Crippen molar-refractivity contribution in [1.82, 2.24) is 4.90 Å². The van der Waals surface area contributed by atoms with Crippen molar-refractivity contribution in [2.45, 2.75) is 49.1 Å². The van der Waals surface area contributed by atoms with E-state index in [9.17, 15) is 9.90 Å². The molecule has 1 aliphatic carbocycles. The summed E-state index contributed by atoms with van der Waals surface area (Å²) in [5.74, 6) is -0.250. The number of rotatable bonds is 5. The lowest BCUT2D eigenvalue weighted by atomic mass is 9.66. The highest BCUT2D eigenvalue weighted by Crippen LogP contribution is 2.48. The second-order valence-corrected chi connectivity index (χ2v) is 8.84. The zero-order chi connectivity index (χ0) is 19.8. The third kappa shape index (κ3) is 3.25. The molecule has 28 heavy (non-hydrogen) atoms. The number of nitrogens with two attached hydrogens (primary N) is 1. The van der Waals surface area contributed by atoms with Crippen molar-refractivity contribution in [2.24, 2.45) is 11.7 Å². The quantitative estimate of drug-likeness (QED) is 0.833. The topological polar surface area (TPSA) is 66.6 Å². The predicted octanol–water partition coefficient (Wildman–Crippen LogP) is 3.65. The second-order valence-electron chi connectivity index (χ2n) is 8.84. The van der Waals surface area contributed by atoms with Crippen LogP contribution in [0.4, 0.5) is 0 Å². The van der Waals surface area contributed by atoms with Gasteiger partial charge in [0.15, 0.2) is 0 Å². The molecule has 3 N–H and O–H groups in total. The van der Waals surface area contributed by atoms with Gasteiger partial charge in [-0.2, -0.15) is 0 Å². The van der Waals surface area contributed by atoms with Crippen LogP contribution in [0.15, 0.2) is 60.7 Å². The Morgan fingerprint density at radius 2 is 1.68 bits per heavy atom. The van der Waals surface area contributed by atoms with Gasteiger partial charge in [0.05, 0.1) is 0 Å². The number of aliphatic carboxylic acids is 1. The minimum Gasteiger partial charge on any atom is -0.480 e. The molecular weight excluding hydrogens is 348 g/mol. The van der Waals surface area contributed by atoms with Crippen molar-refractivity contribution in [3.63, 3.8) is 0 Å². The fourth-order valence-electron chi connectivity index (χ4n) is 5.71. The van der Waals surface area contributed by atoms with Crippen LogP contribution in [0.25, 0.3) is 0 Å². The summed E-state index contributed by atoms with van der Waals surface area (Å²) >= 11 is 0. The van der Waals surface area contributed by atoms with Crippen molar-refractivity contribution in [1.29, 1.82) is 0 Å². The van der Waals surface area contributed by atoms with E-state index in [1.165, 1.54) is 12.8 Å². The minimum absolute atomic E-state index is 0.421. The van der Waals surface area contributed by atoms with Gasteiger partial charge in [-0.3, -0.25) is 4.79 Å². The number of nitrogens with zero attached hydrogens (tertiary/aromatic N) is 1. The Balaban J connectivity index is 1.77. The maximum Gasteiger partial charge on any atom is 0.318 e. The molecular formula is C24H30N2O2. The lowest BCUT2D eigenvalue weighted by molar-refractivity contribution is -0.143. The molecule has 2 aromatic rings. The average Bonchev–Trinajstić information content (AvgIpc) is 3.05. The van der Waals surface area contributed by atoms with Crippen LogP contribution < -0.4 is 5.73 Å². The predicted molar refractivity (Wildman–Crippen MR) is 111 cm³/mol. The number of carboxylic acid groups (broad SMARTS) is 1. The molecule has 1 saturated carbocycles. The van der Waals surface area contributed by atoms with Gasteiger partial charge < -0.3 is 15.7 Å². The Kier molecular flexibility index (Phi) is 5.02. The number of piperidine rings is 1. The van der Waals surface area contributed by atoms with E-state index in [2.05, 4.69) is 11.9 Å². The first-order valence-electron chi connectivity index (χ1n) is 10.3. The van der Waals surface area contributed by atoms with Crippen molar-refractivity contribution < 1.29 is 9.90 Å². The Bertz CT molecular complexity index is 784. The lowest BCUT2D eigenvalue weighted by Gasteiger charge is -2.38. The number of likely N-dealkylation sites (tertiary alicyclic amines) is 1. The summed E-state index contributed by atoms with van der Waals surface area (Å²) in [6.07, 6.45) is 4.59. The highest BCUT2D eigenvalue weighted by atomic mass is 16.4. The number of carbonyl (C=O) groups is 1. The molecule has 0 bridgehead atoms. The van der Waals surface area contributed by atoms with Crippen LogP contribution in [0, 0.1) is 5.92 Å². The van der Waals surface area contributed by atoms with Crippen molar-refractivity contribution in [3.05, 3.63) is 71.8 Å². The Labute approximate surface area is 167 Å². The van der Waals surface area contributed by atoms with Gasteiger partial charge in [-0.1, -0.05) is 60.7 Å². The van der Waals surface area contributed by atoms with Gasteiger partial charge in [0, 0.05) is 11.6 Å². The molecule has 2 aliphatic rings. The molecule has 1 aliphatic heterocycles. The standard InChI is InChI=1S/C24H30N2O2/c1-26-14-8-9-18-15-23(25,16-21(18)26)17-24(22(27)28,19-10-4-2-5-11-19)20-12-6-3-7-13-20/h2-7,10-13,18,21H,8-9,14-17,25H2,1H3,(H,27,28)/t18?,21-,23-/m0/s1. The van der Waals surface area contributed by atoms with Crippen LogP contribution in [-0.4, -0.2) is 41.1 Å². The third-order valence-electron chi connectivity index (χ3n) is 7.00. The highest BCUT2D eigenvalue weighted by molar-refractivity contribution is 5.86. The molecule has 4 heteroatoms. The number of carboxylic acids is 1. The zero-order valence-electron chi connectivity index (χ0n) is 16.6. The molecule has 2 aromatic carbocycles. The molecule has 2 fully saturated rings. The van der Waals surface area contributed by atoms with Gasteiger partial charge in [0.25, 0.3) is 0 Å². The lowest BCUT2D eigenvalue weighted by Crippen LogP contribution is -2.50. The van der Waals surface area contributed by atoms with E-state index in [4.69, 9.17) is 5.73 Å². The first-order chi connectivity index (χ1) is 13.4. The Morgan fingerprint density at radius 1 is 1.11 bits per heavy atom. The van der Waals surface area contributed by atoms with Crippen LogP contribution >= 0.6 is 0 Å². The summed E-state index contributed by atoms with van der Waals surface area (Å²) in [5.41, 5.74) is 6.98. The molecule has 1 saturated heterocycles. The van der Waals surface area contributed by atoms with Gasteiger partial charge in [-0.05, 0) is 62.7 Å². The molecule has 4 rings (SSSR count). The highest BCUT2D eigenvalue weighted by Gasteiger charge is 2.53. The van der Waals surface area contributed by atoms with Gasteiger partial charge >= 0.3 is 5.97 Å². The summed E-state index contributed by atoms with van der Waals surface area (Å²) in [6, 6.07) is 19.7. The van der Waals surface area contributed by atoms with E-state index in [-0.39, 0.29) is 0 Å². The van der Waals surface area contributed by atoms with E-state index in [1.807, 2.05) is 60.7 Å². The van der Waals surface area contributed by atoms with Crippen molar-refractivity contribution in [3.8, 4) is 0 Å². The van der Waals surface area contributed by atoms with E-state index < -0.39 is 16.9 Å². The molecule has 4 nitrogen and oxygen atoms in total. The van der Waals surface area contributed by atoms with Crippen LogP contribution in [-0.2, 0) is 10.2 Å². The number of fused-ring (bicyclic) bond motifs is 1. The smallest absolute Gasteiger partial charge is 0.318 e. The minimum atomic E-state index is -1.14. The number of hydrogen-bond acceptors (Lipinski definition) is 3. The molecule has 148 valence electrons. The summed E-state index contributed by atoms with van der Waals surface area (Å²) in [4.78, 5) is 15.3. The molecule has 0 radical (unpaired) electrons. The van der Waals surface area contributed by atoms with Crippen LogP contribution in [0.3, 0.4) is 0 Å². The van der Waals surface area contributed by atoms with Gasteiger partial charge in [0.1, 0.15) is 5.41 Å². The Morgan fingerprint density at radius 3 is 2.18 bits per heavy atom. The molecule has 0 spiro atoms. The monoisotopic (exact) mass is 378 g/mol. The number of benzene rings is 2. The fourth-order valence-corrected chi connectivity index (χ4v) is 5.71. The average molecular weight is 379 g/mol. The maximum atomic E-state index is 12.9. The largest absolute Gasteiger partial charge is 0.480 e. The fraction of sp³-hybridized carbons (Fsp3) is 0.458. The maximum absolute atomic E-state index is 12.9. The summed E-state index contributed by atoms with van der Waals surface area (Å²) in [6.45, 7) is 1.11. The van der Waals surface area contributed by atoms with E-state index >= 15 is 0 Å². The third-order valence-corrected chi connectivity index (χ3v) is 7.00. The zero-order valence-corrected chi connectivity index (χ0v) is 16.6. The van der Waals surface area contributed by atoms with Crippen LogP contribution in [0.5, 0.6) is 0 Å². The Hall–Kier alpha value is -2.17. The summed E-state index contributed by atoms with van der Waals surface area (Å²) < 4.78 is 0. The van der Waals surface area contributed by atoms with Gasteiger partial charge in [-0.25, -0.2) is 0 Å². The normalized spacial score (nSPS) is 28.1. The SMILES string of the molecule is CN1CCCC2C[C@@](N)(CC(C(=O)O)(c3ccccc3)c3ccccc3)C[C@@H]21. The van der Waals surface area contributed by atoms with Crippen molar-refractivity contribution >= 4 is 5.97 Å². The molecule has 1 heterocycles. The van der Waals surface area contributed by atoms with E-state index in [1.54, 1.807) is 0 Å². The first-order valence-corrected chi connectivity index (χ1v) is 10.3. The van der Waals surface area contributed by atoms with Crippen LogP contribution in [0.2, 0.25) is 0 Å². The summed E-state index contributed by atoms with van der Waals surface area (Å²) in [7, 11) is 2.18. The van der Waals surface area contributed by atoms with Crippen molar-refractivity contribution in [2.75, 3.05) is 13.6 Å². The van der Waals surface area contributed by atoms with Crippen LogP contribution in [0.1, 0.15) is 43.2 Å². The molecule has 0 aromatic heterocycles. The molecule has 3 atom stereocenters. The van der Waals surface area contributed by atoms with Gasteiger partial charge in [-0.15, -0.1) is 0 Å². The van der Waals surface area contributed by atoms with E-state index in [0.29, 0.717) is 18.4 Å². The van der Waals surface area contributed by atoms with Gasteiger partial charge in [0.2, 0.25) is 0 Å². The summed E-state index contributed by atoms with van der Waals surface area (Å²) in [5, 5.41) is 10.5. The van der Waals surface area contributed by atoms with E-state index in [0.717, 1.165) is 30.5 Å². The molecule has 0 amide bonds. The second kappa shape index (κ2) is 7.34. The molecule has 1 unspecified atom stereocenters. The first kappa shape index (κ1) is 19.2. The number of hydrogen-bond donors (Lipinski definition) is 2.